The van der Waals surface area contributed by atoms with Crippen LogP contribution in [0.2, 0.25) is 0 Å². The number of nitrogens with one attached hydrogen (secondary N) is 1. The zero-order valence-corrected chi connectivity index (χ0v) is 8.63. The number of carbonyl (C=O) groups is 1. The van der Waals surface area contributed by atoms with Gasteiger partial charge in [0, 0.05) is 38.1 Å². The van der Waals surface area contributed by atoms with Gasteiger partial charge < -0.3 is 10.1 Å². The van der Waals surface area contributed by atoms with E-state index in [1.165, 1.54) is 0 Å². The van der Waals surface area contributed by atoms with Crippen LogP contribution in [-0.2, 0) is 9.53 Å². The molecule has 1 aliphatic carbocycles. The van der Waals surface area contributed by atoms with E-state index >= 15 is 0 Å². The number of carbonyl (C=O) groups excluding carboxylic acids is 1. The van der Waals surface area contributed by atoms with Crippen molar-refractivity contribution in [1.29, 1.82) is 0 Å². The van der Waals surface area contributed by atoms with E-state index in [1.54, 1.807) is 0 Å². The van der Waals surface area contributed by atoms with Crippen molar-refractivity contribution < 1.29 is 9.53 Å². The molecule has 0 amide bonds. The topological polar surface area (TPSA) is 38.3 Å². The summed E-state index contributed by atoms with van der Waals surface area (Å²) in [7, 11) is 0. The molecule has 80 valence electrons. The van der Waals surface area contributed by atoms with Crippen molar-refractivity contribution in [2.24, 2.45) is 0 Å². The summed E-state index contributed by atoms with van der Waals surface area (Å²) in [5.41, 5.74) is 0. The van der Waals surface area contributed by atoms with Crippen LogP contribution in [0, 0.1) is 0 Å². The Morgan fingerprint density at radius 3 is 2.21 bits per heavy atom. The Morgan fingerprint density at radius 1 is 1.00 bits per heavy atom. The van der Waals surface area contributed by atoms with E-state index < -0.39 is 0 Å². The van der Waals surface area contributed by atoms with Crippen molar-refractivity contribution in [2.45, 2.75) is 50.6 Å². The van der Waals surface area contributed by atoms with Gasteiger partial charge >= 0.3 is 0 Å². The minimum Gasteiger partial charge on any atom is -0.381 e. The highest BCUT2D eigenvalue weighted by molar-refractivity contribution is 5.79. The molecule has 0 bridgehead atoms. The second-order valence-corrected chi connectivity index (χ2v) is 4.37. The molecule has 1 saturated heterocycles. The van der Waals surface area contributed by atoms with Gasteiger partial charge in [-0.15, -0.1) is 0 Å². The molecule has 0 aromatic rings. The SMILES string of the molecule is O=C1CCC(NC2CCOCC2)CC1. The lowest BCUT2D eigenvalue weighted by atomic mass is 9.93. The molecule has 2 fully saturated rings. The maximum atomic E-state index is 11.1. The number of Topliss-reactive ketones (excluding diaryl/α,β-unsaturated/α-hetero) is 1. The first-order valence-corrected chi connectivity index (χ1v) is 5.70. The van der Waals surface area contributed by atoms with Gasteiger partial charge in [0.05, 0.1) is 0 Å². The first kappa shape index (κ1) is 10.1. The number of hydrogen-bond acceptors (Lipinski definition) is 3. The molecule has 0 aromatic heterocycles. The second-order valence-electron chi connectivity index (χ2n) is 4.37. The van der Waals surface area contributed by atoms with E-state index in [0.29, 0.717) is 17.9 Å². The van der Waals surface area contributed by atoms with Gasteiger partial charge in [-0.3, -0.25) is 4.79 Å². The standard InChI is InChI=1S/C11H19NO2/c13-11-3-1-9(2-4-11)12-10-5-7-14-8-6-10/h9-10,12H,1-8H2. The van der Waals surface area contributed by atoms with Crippen LogP contribution in [0.1, 0.15) is 38.5 Å². The lowest BCUT2D eigenvalue weighted by molar-refractivity contribution is -0.120. The monoisotopic (exact) mass is 197 g/mol. The molecule has 2 aliphatic rings. The lowest BCUT2D eigenvalue weighted by Gasteiger charge is -2.30. The Balaban J connectivity index is 1.71. The summed E-state index contributed by atoms with van der Waals surface area (Å²) in [5.74, 6) is 0.440. The minimum absolute atomic E-state index is 0.440. The molecule has 0 aromatic carbocycles. The number of rotatable bonds is 2. The fourth-order valence-electron chi connectivity index (χ4n) is 2.30. The average Bonchev–Trinajstić information content (AvgIpc) is 2.23. The van der Waals surface area contributed by atoms with Crippen molar-refractivity contribution in [3.05, 3.63) is 0 Å². The summed E-state index contributed by atoms with van der Waals surface area (Å²) >= 11 is 0. The fourth-order valence-corrected chi connectivity index (χ4v) is 2.30. The van der Waals surface area contributed by atoms with Crippen molar-refractivity contribution in [3.63, 3.8) is 0 Å². The quantitative estimate of drug-likeness (QED) is 0.724. The van der Waals surface area contributed by atoms with Gasteiger partial charge in [0.1, 0.15) is 5.78 Å². The molecule has 1 saturated carbocycles. The van der Waals surface area contributed by atoms with Gasteiger partial charge in [0.25, 0.3) is 0 Å². The van der Waals surface area contributed by atoms with E-state index in [4.69, 9.17) is 4.74 Å². The largest absolute Gasteiger partial charge is 0.381 e. The lowest BCUT2D eigenvalue weighted by Crippen LogP contribution is -2.43. The summed E-state index contributed by atoms with van der Waals surface area (Å²) in [6.45, 7) is 1.78. The van der Waals surface area contributed by atoms with Gasteiger partial charge in [0.15, 0.2) is 0 Å². The van der Waals surface area contributed by atoms with E-state index in [2.05, 4.69) is 5.32 Å². The molecular formula is C11H19NO2. The maximum Gasteiger partial charge on any atom is 0.133 e. The Morgan fingerprint density at radius 2 is 1.57 bits per heavy atom. The van der Waals surface area contributed by atoms with Crippen LogP contribution in [0.25, 0.3) is 0 Å². The van der Waals surface area contributed by atoms with Crippen LogP contribution in [0.15, 0.2) is 0 Å². The van der Waals surface area contributed by atoms with Gasteiger partial charge in [-0.05, 0) is 25.7 Å². The fraction of sp³-hybridized carbons (Fsp3) is 0.909. The first-order chi connectivity index (χ1) is 6.84. The molecule has 1 N–H and O–H groups in total. The molecule has 3 nitrogen and oxygen atoms in total. The van der Waals surface area contributed by atoms with Crippen molar-refractivity contribution in [2.75, 3.05) is 13.2 Å². The highest BCUT2D eigenvalue weighted by atomic mass is 16.5. The highest BCUT2D eigenvalue weighted by Gasteiger charge is 2.22. The zero-order valence-electron chi connectivity index (χ0n) is 8.63. The molecule has 0 radical (unpaired) electrons. The van der Waals surface area contributed by atoms with Gasteiger partial charge in [-0.1, -0.05) is 0 Å². The average molecular weight is 197 g/mol. The normalized spacial score (nSPS) is 26.7. The number of hydrogen-bond donors (Lipinski definition) is 1. The predicted octanol–water partition coefficient (Wildman–Crippen LogP) is 1.27. The van der Waals surface area contributed by atoms with Gasteiger partial charge in [-0.25, -0.2) is 0 Å². The van der Waals surface area contributed by atoms with Crippen LogP contribution < -0.4 is 5.32 Å². The number of ether oxygens (including phenoxy) is 1. The molecule has 2 rings (SSSR count). The van der Waals surface area contributed by atoms with Crippen LogP contribution in [0.5, 0.6) is 0 Å². The smallest absolute Gasteiger partial charge is 0.133 e. The summed E-state index contributed by atoms with van der Waals surface area (Å²) < 4.78 is 5.31. The summed E-state index contributed by atoms with van der Waals surface area (Å²) in [6, 6.07) is 1.21. The van der Waals surface area contributed by atoms with Crippen LogP contribution in [-0.4, -0.2) is 31.1 Å². The molecule has 14 heavy (non-hydrogen) atoms. The van der Waals surface area contributed by atoms with Gasteiger partial charge in [0.2, 0.25) is 0 Å². The number of ketones is 1. The van der Waals surface area contributed by atoms with Crippen molar-refractivity contribution >= 4 is 5.78 Å². The Kier molecular flexibility index (Phi) is 3.54. The molecule has 0 spiro atoms. The van der Waals surface area contributed by atoms with Crippen LogP contribution >= 0.6 is 0 Å². The summed E-state index contributed by atoms with van der Waals surface area (Å²) in [5, 5.41) is 3.65. The van der Waals surface area contributed by atoms with E-state index in [0.717, 1.165) is 51.7 Å². The molecule has 1 heterocycles. The van der Waals surface area contributed by atoms with Crippen molar-refractivity contribution in [1.82, 2.24) is 5.32 Å². The maximum absolute atomic E-state index is 11.1. The third-order valence-electron chi connectivity index (χ3n) is 3.24. The van der Waals surface area contributed by atoms with E-state index in [1.807, 2.05) is 0 Å². The predicted molar refractivity (Wildman–Crippen MR) is 54.2 cm³/mol. The second kappa shape index (κ2) is 4.89. The molecule has 3 heteroatoms. The molecule has 0 atom stereocenters. The molecular weight excluding hydrogens is 178 g/mol. The molecule has 1 aliphatic heterocycles. The zero-order chi connectivity index (χ0) is 9.80. The molecule has 0 unspecified atom stereocenters. The summed E-state index contributed by atoms with van der Waals surface area (Å²) in [6.07, 6.45) is 5.89. The third kappa shape index (κ3) is 2.79. The third-order valence-corrected chi connectivity index (χ3v) is 3.24. The van der Waals surface area contributed by atoms with E-state index in [9.17, 15) is 4.79 Å². The van der Waals surface area contributed by atoms with Crippen molar-refractivity contribution in [3.8, 4) is 0 Å². The Labute approximate surface area is 85.2 Å². The first-order valence-electron chi connectivity index (χ1n) is 5.70. The van der Waals surface area contributed by atoms with Gasteiger partial charge in [-0.2, -0.15) is 0 Å². The Bertz CT molecular complexity index is 189. The van der Waals surface area contributed by atoms with E-state index in [-0.39, 0.29) is 0 Å². The summed E-state index contributed by atoms with van der Waals surface area (Å²) in [4.78, 5) is 11.1. The van der Waals surface area contributed by atoms with Crippen LogP contribution in [0.4, 0.5) is 0 Å². The van der Waals surface area contributed by atoms with Crippen LogP contribution in [0.3, 0.4) is 0 Å². The Hall–Kier alpha value is -0.410. The minimum atomic E-state index is 0.440. The highest BCUT2D eigenvalue weighted by Crippen LogP contribution is 2.17.